The Bertz CT molecular complexity index is 864. The Kier molecular flexibility index (Phi) is 7.15. The number of aliphatic hydroxyl groups excluding tert-OH is 1. The van der Waals surface area contributed by atoms with Crippen LogP contribution in [0, 0.1) is 0 Å². The predicted octanol–water partition coefficient (Wildman–Crippen LogP) is 1.80. The van der Waals surface area contributed by atoms with Crippen molar-refractivity contribution < 1.29 is 14.7 Å². The molecular weight excluding hydrogens is 370 g/mol. The van der Waals surface area contributed by atoms with Gasteiger partial charge in [-0.15, -0.1) is 0 Å². The van der Waals surface area contributed by atoms with E-state index in [9.17, 15) is 19.5 Å². The summed E-state index contributed by atoms with van der Waals surface area (Å²) in [7, 11) is 0. The van der Waals surface area contributed by atoms with Crippen LogP contribution in [0.4, 0.5) is 0 Å². The highest BCUT2D eigenvalue weighted by atomic mass is 35.5. The van der Waals surface area contributed by atoms with Crippen LogP contribution in [-0.2, 0) is 6.54 Å². The van der Waals surface area contributed by atoms with Crippen LogP contribution >= 0.6 is 11.6 Å². The number of halogens is 1. The average Bonchev–Trinajstić information content (AvgIpc) is 2.67. The van der Waals surface area contributed by atoms with Gasteiger partial charge >= 0.3 is 0 Å². The molecule has 0 saturated carbocycles. The highest BCUT2D eigenvalue weighted by Gasteiger charge is 2.21. The van der Waals surface area contributed by atoms with Crippen molar-refractivity contribution in [3.8, 4) is 0 Å². The van der Waals surface area contributed by atoms with Crippen molar-refractivity contribution >= 4 is 23.4 Å². The van der Waals surface area contributed by atoms with Crippen LogP contribution in [0.3, 0.4) is 0 Å². The summed E-state index contributed by atoms with van der Waals surface area (Å²) >= 11 is 5.82. The van der Waals surface area contributed by atoms with Crippen molar-refractivity contribution in [3.63, 3.8) is 0 Å². The SMILES string of the molecule is CCN(C(=O)c1ccc(C(=O)NCc2ccc(Cl)cc2)c(=O)[nH]1)C(C)CO. The maximum absolute atomic E-state index is 12.5. The summed E-state index contributed by atoms with van der Waals surface area (Å²) in [6, 6.07) is 9.31. The Labute approximate surface area is 162 Å². The minimum absolute atomic E-state index is 0.0661. The molecule has 1 unspecified atom stereocenters. The number of aliphatic hydroxyl groups is 1. The Hall–Kier alpha value is -2.64. The minimum atomic E-state index is -0.651. The quantitative estimate of drug-likeness (QED) is 0.669. The number of rotatable bonds is 7. The molecule has 1 heterocycles. The van der Waals surface area contributed by atoms with Gasteiger partial charge in [0, 0.05) is 18.1 Å². The molecule has 8 heteroatoms. The van der Waals surface area contributed by atoms with Crippen molar-refractivity contribution in [2.45, 2.75) is 26.4 Å². The van der Waals surface area contributed by atoms with E-state index in [1.807, 2.05) is 0 Å². The van der Waals surface area contributed by atoms with E-state index in [1.54, 1.807) is 38.1 Å². The zero-order chi connectivity index (χ0) is 20.0. The average molecular weight is 392 g/mol. The first-order chi connectivity index (χ1) is 12.9. The van der Waals surface area contributed by atoms with Gasteiger partial charge in [0.05, 0.1) is 12.6 Å². The van der Waals surface area contributed by atoms with Gasteiger partial charge in [0.1, 0.15) is 11.3 Å². The molecule has 0 aliphatic rings. The highest BCUT2D eigenvalue weighted by Crippen LogP contribution is 2.09. The number of pyridine rings is 1. The van der Waals surface area contributed by atoms with Gasteiger partial charge in [-0.25, -0.2) is 0 Å². The number of hydrogen-bond acceptors (Lipinski definition) is 4. The summed E-state index contributed by atoms with van der Waals surface area (Å²) in [6.45, 7) is 3.92. The van der Waals surface area contributed by atoms with E-state index in [-0.39, 0.29) is 30.5 Å². The second kappa shape index (κ2) is 9.34. The molecule has 144 valence electrons. The molecule has 2 rings (SSSR count). The molecule has 0 aliphatic carbocycles. The minimum Gasteiger partial charge on any atom is -0.394 e. The highest BCUT2D eigenvalue weighted by molar-refractivity contribution is 6.30. The number of aromatic amines is 1. The monoisotopic (exact) mass is 391 g/mol. The Balaban J connectivity index is 2.11. The number of amides is 2. The molecule has 1 aromatic heterocycles. The number of nitrogens with zero attached hydrogens (tertiary/aromatic N) is 1. The summed E-state index contributed by atoms with van der Waals surface area (Å²) in [5, 5.41) is 12.5. The van der Waals surface area contributed by atoms with Gasteiger partial charge in [0.2, 0.25) is 0 Å². The van der Waals surface area contributed by atoms with E-state index in [1.165, 1.54) is 17.0 Å². The van der Waals surface area contributed by atoms with Gasteiger partial charge in [0.15, 0.2) is 0 Å². The molecule has 1 aromatic carbocycles. The van der Waals surface area contributed by atoms with Crippen LogP contribution in [0.1, 0.15) is 40.3 Å². The number of carbonyl (C=O) groups excluding carboxylic acids is 2. The Morgan fingerprint density at radius 3 is 2.44 bits per heavy atom. The largest absolute Gasteiger partial charge is 0.394 e. The second-order valence-electron chi connectivity index (χ2n) is 6.05. The maximum Gasteiger partial charge on any atom is 0.270 e. The molecule has 0 fully saturated rings. The van der Waals surface area contributed by atoms with E-state index in [0.717, 1.165) is 5.56 Å². The molecule has 0 spiro atoms. The molecular formula is C19H22ClN3O4. The van der Waals surface area contributed by atoms with E-state index in [2.05, 4.69) is 10.3 Å². The number of H-pyrrole nitrogens is 1. The molecule has 1 atom stereocenters. The standard InChI is InChI=1S/C19H22ClN3O4/c1-3-23(12(2)11-24)19(27)16-9-8-15(18(26)22-16)17(25)21-10-13-4-6-14(20)7-5-13/h4-9,12,24H,3,10-11H2,1-2H3,(H,21,25)(H,22,26). The summed E-state index contributed by atoms with van der Waals surface area (Å²) in [5.41, 5.74) is 0.171. The molecule has 0 bridgehead atoms. The third-order valence-corrected chi connectivity index (χ3v) is 4.40. The third kappa shape index (κ3) is 5.18. The van der Waals surface area contributed by atoms with Crippen molar-refractivity contribution in [1.29, 1.82) is 0 Å². The van der Waals surface area contributed by atoms with Gasteiger partial charge in [-0.2, -0.15) is 0 Å². The van der Waals surface area contributed by atoms with Crippen LogP contribution in [0.15, 0.2) is 41.2 Å². The zero-order valence-corrected chi connectivity index (χ0v) is 15.9. The number of likely N-dealkylation sites (N-methyl/N-ethyl adjacent to an activating group) is 1. The van der Waals surface area contributed by atoms with Gasteiger partial charge in [-0.05, 0) is 43.7 Å². The molecule has 3 N–H and O–H groups in total. The summed E-state index contributed by atoms with van der Waals surface area (Å²) in [6.07, 6.45) is 0. The zero-order valence-electron chi connectivity index (χ0n) is 15.2. The van der Waals surface area contributed by atoms with Crippen LogP contribution in [0.5, 0.6) is 0 Å². The van der Waals surface area contributed by atoms with E-state index < -0.39 is 17.4 Å². The number of benzene rings is 1. The summed E-state index contributed by atoms with van der Waals surface area (Å²) in [5.74, 6) is -0.953. The molecule has 7 nitrogen and oxygen atoms in total. The number of hydrogen-bond donors (Lipinski definition) is 3. The van der Waals surface area contributed by atoms with Crippen LogP contribution in [0.2, 0.25) is 5.02 Å². The van der Waals surface area contributed by atoms with Crippen molar-refractivity contribution in [2.24, 2.45) is 0 Å². The fourth-order valence-electron chi connectivity index (χ4n) is 2.57. The summed E-state index contributed by atoms with van der Waals surface area (Å²) < 4.78 is 0. The second-order valence-corrected chi connectivity index (χ2v) is 6.48. The van der Waals surface area contributed by atoms with Crippen molar-refractivity contribution in [2.75, 3.05) is 13.2 Å². The van der Waals surface area contributed by atoms with Gasteiger partial charge in [0.25, 0.3) is 17.4 Å². The van der Waals surface area contributed by atoms with E-state index >= 15 is 0 Å². The maximum atomic E-state index is 12.5. The fraction of sp³-hybridized carbons (Fsp3) is 0.316. The van der Waals surface area contributed by atoms with E-state index in [4.69, 9.17) is 11.6 Å². The van der Waals surface area contributed by atoms with Crippen LogP contribution < -0.4 is 10.9 Å². The first-order valence-corrected chi connectivity index (χ1v) is 8.93. The predicted molar refractivity (Wildman–Crippen MR) is 103 cm³/mol. The molecule has 27 heavy (non-hydrogen) atoms. The lowest BCUT2D eigenvalue weighted by Gasteiger charge is -2.26. The molecule has 0 saturated heterocycles. The number of nitrogens with one attached hydrogen (secondary N) is 2. The molecule has 0 aliphatic heterocycles. The van der Waals surface area contributed by atoms with Gasteiger partial charge in [-0.3, -0.25) is 14.4 Å². The number of aromatic nitrogens is 1. The van der Waals surface area contributed by atoms with Gasteiger partial charge in [-0.1, -0.05) is 23.7 Å². The van der Waals surface area contributed by atoms with Crippen LogP contribution in [0.25, 0.3) is 0 Å². The van der Waals surface area contributed by atoms with Crippen molar-refractivity contribution in [1.82, 2.24) is 15.2 Å². The topological polar surface area (TPSA) is 103 Å². The fourth-order valence-corrected chi connectivity index (χ4v) is 2.69. The molecule has 0 radical (unpaired) electrons. The Morgan fingerprint density at radius 1 is 1.22 bits per heavy atom. The van der Waals surface area contributed by atoms with Gasteiger partial charge < -0.3 is 20.3 Å². The first kappa shape index (κ1) is 20.7. The smallest absolute Gasteiger partial charge is 0.270 e. The van der Waals surface area contributed by atoms with Crippen molar-refractivity contribution in [3.05, 3.63) is 68.6 Å². The third-order valence-electron chi connectivity index (χ3n) is 4.15. The normalized spacial score (nSPS) is 11.7. The summed E-state index contributed by atoms with van der Waals surface area (Å²) in [4.78, 5) is 40.9. The lowest BCUT2D eigenvalue weighted by molar-refractivity contribution is 0.0626. The van der Waals surface area contributed by atoms with E-state index in [0.29, 0.717) is 11.6 Å². The van der Waals surface area contributed by atoms with Crippen LogP contribution in [-0.4, -0.2) is 46.0 Å². The molecule has 2 amide bonds. The first-order valence-electron chi connectivity index (χ1n) is 8.55. The molecule has 2 aromatic rings. The lowest BCUT2D eigenvalue weighted by atomic mass is 10.2. The lowest BCUT2D eigenvalue weighted by Crippen LogP contribution is -2.41. The number of carbonyl (C=O) groups is 2. The Morgan fingerprint density at radius 2 is 1.89 bits per heavy atom.